The maximum Gasteiger partial charge on any atom is 0.404 e. The van der Waals surface area contributed by atoms with E-state index in [0.29, 0.717) is 32.6 Å². The van der Waals surface area contributed by atoms with Crippen molar-refractivity contribution in [2.45, 2.75) is 32.1 Å². The molecular weight excluding hydrogens is 415 g/mol. The fourth-order valence-electron chi connectivity index (χ4n) is 4.87. The molecule has 0 N–H and O–H groups in total. The minimum atomic E-state index is -4.56. The van der Waals surface area contributed by atoms with Crippen molar-refractivity contribution in [3.8, 4) is 0 Å². The van der Waals surface area contributed by atoms with E-state index >= 15 is 0 Å². The van der Waals surface area contributed by atoms with Gasteiger partial charge in [0, 0.05) is 45.8 Å². The molecule has 2 aromatic carbocycles. The lowest BCUT2D eigenvalue weighted by atomic mass is 9.84. The lowest BCUT2D eigenvalue weighted by molar-refractivity contribution is -0.223. The Morgan fingerprint density at radius 2 is 1.38 bits per heavy atom. The lowest BCUT2D eigenvalue weighted by Gasteiger charge is -2.35. The molecule has 172 valence electrons. The third kappa shape index (κ3) is 4.99. The number of alkyl halides is 3. The van der Waals surface area contributed by atoms with Crippen LogP contribution in [0.15, 0.2) is 60.7 Å². The van der Waals surface area contributed by atoms with Crippen molar-refractivity contribution < 1.29 is 18.0 Å². The van der Waals surface area contributed by atoms with Gasteiger partial charge in [0.2, 0.25) is 5.91 Å². The smallest absolute Gasteiger partial charge is 0.341 e. The first-order valence-electron chi connectivity index (χ1n) is 11.3. The van der Waals surface area contributed by atoms with Gasteiger partial charge in [0.1, 0.15) is 0 Å². The van der Waals surface area contributed by atoms with Gasteiger partial charge in [-0.1, -0.05) is 60.7 Å². The summed E-state index contributed by atoms with van der Waals surface area (Å²) in [4.78, 5) is 18.8. The molecule has 1 unspecified atom stereocenters. The molecule has 2 saturated heterocycles. The molecule has 2 aliphatic heterocycles. The van der Waals surface area contributed by atoms with Crippen molar-refractivity contribution in [3.05, 3.63) is 71.8 Å². The highest BCUT2D eigenvalue weighted by atomic mass is 19.4. The Balaban J connectivity index is 1.43. The van der Waals surface area contributed by atoms with Crippen LogP contribution in [-0.4, -0.2) is 66.1 Å². The maximum atomic E-state index is 14.3. The number of likely N-dealkylation sites (tertiary alicyclic amines) is 1. The van der Waals surface area contributed by atoms with E-state index in [1.54, 1.807) is 4.90 Å². The summed E-state index contributed by atoms with van der Waals surface area (Å²) in [6.07, 6.45) is -4.06. The number of benzene rings is 2. The van der Waals surface area contributed by atoms with Crippen LogP contribution in [0.2, 0.25) is 0 Å². The fourth-order valence-corrected chi connectivity index (χ4v) is 4.87. The number of nitrogens with zero attached hydrogens (tertiary/aromatic N) is 3. The molecule has 0 aromatic heterocycles. The van der Waals surface area contributed by atoms with Crippen molar-refractivity contribution in [3.63, 3.8) is 0 Å². The molecule has 2 fully saturated rings. The number of hydrogen-bond acceptors (Lipinski definition) is 3. The molecule has 0 bridgehead atoms. The Hall–Kier alpha value is -2.38. The Morgan fingerprint density at radius 1 is 0.781 bits per heavy atom. The first kappa shape index (κ1) is 22.8. The third-order valence-electron chi connectivity index (χ3n) is 6.67. The zero-order chi connectivity index (χ0) is 22.6. The Morgan fingerprint density at radius 3 is 1.97 bits per heavy atom. The minimum Gasteiger partial charge on any atom is -0.341 e. The summed E-state index contributed by atoms with van der Waals surface area (Å²) in [6, 6.07) is 19.5. The first-order valence-corrected chi connectivity index (χ1v) is 11.3. The fraction of sp³-hybridized carbons (Fsp3) is 0.480. The predicted molar refractivity (Wildman–Crippen MR) is 118 cm³/mol. The van der Waals surface area contributed by atoms with Crippen LogP contribution >= 0.6 is 0 Å². The SMILES string of the molecule is O=C(N1CCCN(Cc2ccccc2)CC1)C1(C(F)(F)F)CCN(Cc2ccccc2)C1. The van der Waals surface area contributed by atoms with E-state index in [9.17, 15) is 18.0 Å². The molecule has 32 heavy (non-hydrogen) atoms. The van der Waals surface area contributed by atoms with Crippen molar-refractivity contribution >= 4 is 5.91 Å². The Labute approximate surface area is 187 Å². The first-order chi connectivity index (χ1) is 15.4. The average Bonchev–Trinajstić information content (AvgIpc) is 3.08. The van der Waals surface area contributed by atoms with E-state index in [1.165, 1.54) is 10.5 Å². The average molecular weight is 446 g/mol. The summed E-state index contributed by atoms with van der Waals surface area (Å²) in [6.45, 7) is 3.25. The van der Waals surface area contributed by atoms with Gasteiger partial charge >= 0.3 is 6.18 Å². The molecule has 1 atom stereocenters. The lowest BCUT2D eigenvalue weighted by Crippen LogP contribution is -2.54. The number of amides is 1. The molecule has 0 radical (unpaired) electrons. The summed E-state index contributed by atoms with van der Waals surface area (Å²) in [5, 5.41) is 0. The summed E-state index contributed by atoms with van der Waals surface area (Å²) in [5.41, 5.74) is -0.174. The number of carbonyl (C=O) groups is 1. The van der Waals surface area contributed by atoms with E-state index < -0.39 is 17.5 Å². The Bertz CT molecular complexity index is 890. The van der Waals surface area contributed by atoms with Gasteiger partial charge in [-0.2, -0.15) is 13.2 Å². The molecule has 0 saturated carbocycles. The van der Waals surface area contributed by atoms with Crippen molar-refractivity contribution in [2.24, 2.45) is 5.41 Å². The number of halogens is 3. The highest BCUT2D eigenvalue weighted by Crippen LogP contribution is 2.47. The highest BCUT2D eigenvalue weighted by molar-refractivity contribution is 5.84. The maximum absolute atomic E-state index is 14.3. The molecule has 1 amide bonds. The second kappa shape index (κ2) is 9.63. The number of rotatable bonds is 5. The highest BCUT2D eigenvalue weighted by Gasteiger charge is 2.63. The van der Waals surface area contributed by atoms with E-state index in [-0.39, 0.29) is 19.5 Å². The summed E-state index contributed by atoms with van der Waals surface area (Å²) < 4.78 is 42.9. The molecule has 0 spiro atoms. The van der Waals surface area contributed by atoms with E-state index in [0.717, 1.165) is 18.7 Å². The van der Waals surface area contributed by atoms with Crippen LogP contribution in [0, 0.1) is 5.41 Å². The zero-order valence-corrected chi connectivity index (χ0v) is 18.2. The quantitative estimate of drug-likeness (QED) is 0.691. The van der Waals surface area contributed by atoms with Crippen molar-refractivity contribution in [2.75, 3.05) is 39.3 Å². The van der Waals surface area contributed by atoms with Gasteiger partial charge in [-0.25, -0.2) is 0 Å². The molecule has 0 aliphatic carbocycles. The second-order valence-corrected chi connectivity index (χ2v) is 8.93. The molecule has 2 aliphatic rings. The van der Waals surface area contributed by atoms with Gasteiger partial charge in [-0.3, -0.25) is 14.6 Å². The van der Waals surface area contributed by atoms with E-state index in [1.807, 2.05) is 60.7 Å². The van der Waals surface area contributed by atoms with Crippen LogP contribution in [-0.2, 0) is 17.9 Å². The van der Waals surface area contributed by atoms with E-state index in [4.69, 9.17) is 0 Å². The molecule has 7 heteroatoms. The molecular formula is C25H30F3N3O. The van der Waals surface area contributed by atoms with E-state index in [2.05, 4.69) is 4.90 Å². The molecule has 4 rings (SSSR count). The van der Waals surface area contributed by atoms with Gasteiger partial charge in [0.05, 0.1) is 0 Å². The van der Waals surface area contributed by atoms with Crippen LogP contribution < -0.4 is 0 Å². The zero-order valence-electron chi connectivity index (χ0n) is 18.2. The standard InChI is InChI=1S/C25H30F3N3O/c26-25(27,28)24(12-15-30(20-24)19-22-10-5-2-6-11-22)23(32)31-14-7-13-29(16-17-31)18-21-8-3-1-4-9-21/h1-6,8-11H,7,12-20H2. The Kier molecular flexibility index (Phi) is 6.86. The van der Waals surface area contributed by atoms with Gasteiger partial charge < -0.3 is 4.90 Å². The van der Waals surface area contributed by atoms with Gasteiger partial charge in [-0.15, -0.1) is 0 Å². The monoisotopic (exact) mass is 445 g/mol. The second-order valence-electron chi connectivity index (χ2n) is 8.93. The molecule has 4 nitrogen and oxygen atoms in total. The normalized spacial score (nSPS) is 23.3. The molecule has 2 heterocycles. The number of hydrogen-bond donors (Lipinski definition) is 0. The summed E-state index contributed by atoms with van der Waals surface area (Å²) in [7, 11) is 0. The topological polar surface area (TPSA) is 26.8 Å². The predicted octanol–water partition coefficient (Wildman–Crippen LogP) is 4.18. The largest absolute Gasteiger partial charge is 0.404 e. The minimum absolute atomic E-state index is 0.174. The summed E-state index contributed by atoms with van der Waals surface area (Å²) >= 11 is 0. The van der Waals surface area contributed by atoms with Gasteiger partial charge in [0.15, 0.2) is 5.41 Å². The molecule has 2 aromatic rings. The van der Waals surface area contributed by atoms with Crippen molar-refractivity contribution in [1.82, 2.24) is 14.7 Å². The van der Waals surface area contributed by atoms with Crippen LogP contribution in [0.1, 0.15) is 24.0 Å². The van der Waals surface area contributed by atoms with Crippen LogP contribution in [0.4, 0.5) is 13.2 Å². The van der Waals surface area contributed by atoms with Crippen LogP contribution in [0.25, 0.3) is 0 Å². The van der Waals surface area contributed by atoms with Gasteiger partial charge in [0.25, 0.3) is 0 Å². The van der Waals surface area contributed by atoms with Crippen molar-refractivity contribution in [1.29, 1.82) is 0 Å². The van der Waals surface area contributed by atoms with Gasteiger partial charge in [-0.05, 0) is 30.5 Å². The summed E-state index contributed by atoms with van der Waals surface area (Å²) in [5.74, 6) is -0.748. The van der Waals surface area contributed by atoms with Crippen LogP contribution in [0.5, 0.6) is 0 Å². The third-order valence-corrected chi connectivity index (χ3v) is 6.67. The number of carbonyl (C=O) groups excluding carboxylic acids is 1. The van der Waals surface area contributed by atoms with Crippen LogP contribution in [0.3, 0.4) is 0 Å².